The van der Waals surface area contributed by atoms with E-state index in [0.717, 1.165) is 18.7 Å². The number of hydrogen-bond donors (Lipinski definition) is 1. The van der Waals surface area contributed by atoms with Crippen molar-refractivity contribution in [3.05, 3.63) is 24.3 Å². The Morgan fingerprint density at radius 2 is 2.04 bits per heavy atom. The van der Waals surface area contributed by atoms with Crippen LogP contribution in [0.15, 0.2) is 24.3 Å². The number of esters is 1. The van der Waals surface area contributed by atoms with Gasteiger partial charge in [0.05, 0.1) is 19.3 Å². The van der Waals surface area contributed by atoms with Gasteiger partial charge in [0.15, 0.2) is 0 Å². The van der Waals surface area contributed by atoms with Gasteiger partial charge in [0, 0.05) is 30.1 Å². The fourth-order valence-corrected chi connectivity index (χ4v) is 2.98. The van der Waals surface area contributed by atoms with Crippen molar-refractivity contribution >= 4 is 40.9 Å². The maximum absolute atomic E-state index is 11.8. The zero-order valence-corrected chi connectivity index (χ0v) is 13.9. The molecule has 1 saturated heterocycles. The van der Waals surface area contributed by atoms with Crippen LogP contribution in [0.3, 0.4) is 0 Å². The topological polar surface area (TPSA) is 75.7 Å². The van der Waals surface area contributed by atoms with E-state index in [0.29, 0.717) is 24.3 Å². The van der Waals surface area contributed by atoms with Gasteiger partial charge in [-0.3, -0.25) is 14.4 Å². The Balaban J connectivity index is 1.75. The Bertz CT molecular complexity index is 574. The van der Waals surface area contributed by atoms with Crippen molar-refractivity contribution in [2.24, 2.45) is 0 Å². The molecule has 1 heterocycles. The molecule has 0 bridgehead atoms. The quantitative estimate of drug-likeness (QED) is 0.609. The molecule has 2 rings (SSSR count). The zero-order valence-electron chi connectivity index (χ0n) is 13.0. The molecule has 1 N–H and O–H groups in total. The Morgan fingerprint density at radius 3 is 2.65 bits per heavy atom. The largest absolute Gasteiger partial charge is 0.469 e. The normalized spacial score (nSPS) is 14.0. The minimum Gasteiger partial charge on any atom is -0.469 e. The lowest BCUT2D eigenvalue weighted by Crippen LogP contribution is -2.23. The van der Waals surface area contributed by atoms with Crippen LogP contribution in [-0.2, 0) is 19.1 Å². The molecule has 1 aliphatic rings. The molecule has 1 aliphatic heterocycles. The standard InChI is InChI=1S/C16H20N2O4S/c1-22-16(21)8-10-23-11-14(19)17-12-4-6-13(7-5-12)18-9-2-3-15(18)20/h4-7H,2-3,8-11H2,1H3,(H,17,19). The highest BCUT2D eigenvalue weighted by Crippen LogP contribution is 2.23. The van der Waals surface area contributed by atoms with E-state index in [4.69, 9.17) is 0 Å². The minimum atomic E-state index is -0.273. The predicted molar refractivity (Wildman–Crippen MR) is 90.6 cm³/mol. The minimum absolute atomic E-state index is 0.120. The Hall–Kier alpha value is -2.02. The summed E-state index contributed by atoms with van der Waals surface area (Å²) in [6.07, 6.45) is 1.79. The lowest BCUT2D eigenvalue weighted by atomic mass is 10.2. The number of carbonyl (C=O) groups is 3. The van der Waals surface area contributed by atoms with Crippen LogP contribution >= 0.6 is 11.8 Å². The summed E-state index contributed by atoms with van der Waals surface area (Å²) in [5, 5.41) is 2.79. The van der Waals surface area contributed by atoms with Crippen molar-refractivity contribution in [3.63, 3.8) is 0 Å². The smallest absolute Gasteiger partial charge is 0.306 e. The third kappa shape index (κ3) is 5.28. The molecule has 0 saturated carbocycles. The molecule has 0 atom stereocenters. The predicted octanol–water partition coefficient (Wildman–Crippen LogP) is 2.05. The molecule has 0 spiro atoms. The third-order valence-electron chi connectivity index (χ3n) is 3.45. The zero-order chi connectivity index (χ0) is 16.7. The van der Waals surface area contributed by atoms with Crippen molar-refractivity contribution in [2.45, 2.75) is 19.3 Å². The molecule has 6 nitrogen and oxygen atoms in total. The van der Waals surface area contributed by atoms with Crippen LogP contribution in [0, 0.1) is 0 Å². The van der Waals surface area contributed by atoms with Gasteiger partial charge in [0.2, 0.25) is 11.8 Å². The second kappa shape index (κ2) is 8.57. The van der Waals surface area contributed by atoms with Crippen molar-refractivity contribution < 1.29 is 19.1 Å². The number of nitrogens with zero attached hydrogens (tertiary/aromatic N) is 1. The molecular weight excluding hydrogens is 316 g/mol. The first-order valence-electron chi connectivity index (χ1n) is 7.45. The van der Waals surface area contributed by atoms with Crippen LogP contribution in [0.2, 0.25) is 0 Å². The van der Waals surface area contributed by atoms with Gasteiger partial charge in [-0.2, -0.15) is 11.8 Å². The summed E-state index contributed by atoms with van der Waals surface area (Å²) in [6.45, 7) is 0.751. The number of carbonyl (C=O) groups excluding carboxylic acids is 3. The van der Waals surface area contributed by atoms with Gasteiger partial charge in [-0.1, -0.05) is 0 Å². The maximum atomic E-state index is 11.8. The first-order chi connectivity index (χ1) is 11.1. The van der Waals surface area contributed by atoms with Gasteiger partial charge in [-0.25, -0.2) is 0 Å². The molecule has 1 fully saturated rings. The lowest BCUT2D eigenvalue weighted by Gasteiger charge is -2.16. The van der Waals surface area contributed by atoms with Gasteiger partial charge < -0.3 is 15.0 Å². The highest BCUT2D eigenvalue weighted by molar-refractivity contribution is 7.99. The molecule has 124 valence electrons. The van der Waals surface area contributed by atoms with E-state index >= 15 is 0 Å². The molecule has 0 unspecified atom stereocenters. The monoisotopic (exact) mass is 336 g/mol. The van der Waals surface area contributed by atoms with Crippen molar-refractivity contribution in [2.75, 3.05) is 35.4 Å². The van der Waals surface area contributed by atoms with Gasteiger partial charge in [0.1, 0.15) is 0 Å². The number of anilines is 2. The molecule has 0 aromatic heterocycles. The van der Waals surface area contributed by atoms with Crippen LogP contribution in [0.1, 0.15) is 19.3 Å². The van der Waals surface area contributed by atoms with Crippen molar-refractivity contribution in [3.8, 4) is 0 Å². The summed E-state index contributed by atoms with van der Waals surface area (Å²) in [4.78, 5) is 36.2. The van der Waals surface area contributed by atoms with E-state index in [-0.39, 0.29) is 23.5 Å². The molecule has 0 aliphatic carbocycles. The van der Waals surface area contributed by atoms with Gasteiger partial charge in [0.25, 0.3) is 0 Å². The average molecular weight is 336 g/mol. The highest BCUT2D eigenvalue weighted by atomic mass is 32.2. The fourth-order valence-electron chi connectivity index (χ4n) is 2.27. The first kappa shape index (κ1) is 17.3. The number of amides is 2. The second-order valence-corrected chi connectivity index (χ2v) is 6.23. The molecule has 1 aromatic rings. The van der Waals surface area contributed by atoms with E-state index in [1.54, 1.807) is 17.0 Å². The maximum Gasteiger partial charge on any atom is 0.306 e. The Kier molecular flexibility index (Phi) is 6.46. The van der Waals surface area contributed by atoms with E-state index in [1.165, 1.54) is 18.9 Å². The summed E-state index contributed by atoms with van der Waals surface area (Å²) >= 11 is 1.38. The SMILES string of the molecule is COC(=O)CCSCC(=O)Nc1ccc(N2CCCC2=O)cc1. The van der Waals surface area contributed by atoms with Crippen LogP contribution in [0.25, 0.3) is 0 Å². The van der Waals surface area contributed by atoms with Gasteiger partial charge in [-0.05, 0) is 30.7 Å². The second-order valence-electron chi connectivity index (χ2n) is 5.12. The number of rotatable bonds is 7. The number of nitrogens with one attached hydrogen (secondary N) is 1. The van der Waals surface area contributed by atoms with Crippen LogP contribution < -0.4 is 10.2 Å². The molecular formula is C16H20N2O4S. The molecule has 2 amide bonds. The number of methoxy groups -OCH3 is 1. The summed E-state index contributed by atoms with van der Waals surface area (Å²) in [5.41, 5.74) is 1.55. The lowest BCUT2D eigenvalue weighted by molar-refractivity contribution is -0.140. The van der Waals surface area contributed by atoms with Crippen molar-refractivity contribution in [1.29, 1.82) is 0 Å². The fraction of sp³-hybridized carbons (Fsp3) is 0.438. The van der Waals surface area contributed by atoms with E-state index in [9.17, 15) is 14.4 Å². The van der Waals surface area contributed by atoms with Crippen molar-refractivity contribution in [1.82, 2.24) is 0 Å². The van der Waals surface area contributed by atoms with Gasteiger partial charge in [-0.15, -0.1) is 0 Å². The summed E-state index contributed by atoms with van der Waals surface area (Å²) in [7, 11) is 1.35. The van der Waals surface area contributed by atoms with E-state index in [1.807, 2.05) is 12.1 Å². The summed E-state index contributed by atoms with van der Waals surface area (Å²) in [5.74, 6) is 0.582. The van der Waals surface area contributed by atoms with Crippen LogP contribution in [0.5, 0.6) is 0 Å². The number of thioether (sulfide) groups is 1. The van der Waals surface area contributed by atoms with E-state index < -0.39 is 0 Å². The summed E-state index contributed by atoms with van der Waals surface area (Å²) < 4.78 is 4.53. The molecule has 1 aromatic carbocycles. The summed E-state index contributed by atoms with van der Waals surface area (Å²) in [6, 6.07) is 7.25. The Labute approximate surface area is 139 Å². The molecule has 0 radical (unpaired) electrons. The highest BCUT2D eigenvalue weighted by Gasteiger charge is 2.21. The molecule has 23 heavy (non-hydrogen) atoms. The number of hydrogen-bond acceptors (Lipinski definition) is 5. The van der Waals surface area contributed by atoms with Crippen LogP contribution in [-0.4, -0.2) is 42.9 Å². The number of benzene rings is 1. The Morgan fingerprint density at radius 1 is 1.30 bits per heavy atom. The van der Waals surface area contributed by atoms with Crippen LogP contribution in [0.4, 0.5) is 11.4 Å². The number of ether oxygens (including phenoxy) is 1. The first-order valence-corrected chi connectivity index (χ1v) is 8.60. The third-order valence-corrected chi connectivity index (χ3v) is 4.41. The van der Waals surface area contributed by atoms with E-state index in [2.05, 4.69) is 10.1 Å². The molecule has 7 heteroatoms. The van der Waals surface area contributed by atoms with Gasteiger partial charge >= 0.3 is 5.97 Å². The average Bonchev–Trinajstić information content (AvgIpc) is 2.98.